The first-order chi connectivity index (χ1) is 6.27. The van der Waals surface area contributed by atoms with Gasteiger partial charge in [0.1, 0.15) is 5.60 Å². The predicted molar refractivity (Wildman–Crippen MR) is 53.6 cm³/mol. The lowest BCUT2D eigenvalue weighted by molar-refractivity contribution is 0.308. The summed E-state index contributed by atoms with van der Waals surface area (Å²) in [7, 11) is 0. The third-order valence-electron chi connectivity index (χ3n) is 2.84. The molecule has 0 N–H and O–H groups in total. The smallest absolute Gasteiger partial charge is 0.117 e. The van der Waals surface area contributed by atoms with Crippen molar-refractivity contribution in [1.82, 2.24) is 0 Å². The SMILES string of the molecule is CCCC1OC1(C)c1ccccc1. The summed E-state index contributed by atoms with van der Waals surface area (Å²) < 4.78 is 5.73. The molecule has 0 bridgehead atoms. The van der Waals surface area contributed by atoms with Gasteiger partial charge >= 0.3 is 0 Å². The summed E-state index contributed by atoms with van der Waals surface area (Å²) in [5.41, 5.74) is 1.32. The van der Waals surface area contributed by atoms with Crippen molar-refractivity contribution in [1.29, 1.82) is 0 Å². The molecule has 2 rings (SSSR count). The Morgan fingerprint density at radius 1 is 1.31 bits per heavy atom. The topological polar surface area (TPSA) is 12.5 Å². The van der Waals surface area contributed by atoms with Crippen LogP contribution in [0.25, 0.3) is 0 Å². The molecule has 1 aromatic carbocycles. The van der Waals surface area contributed by atoms with Crippen LogP contribution < -0.4 is 0 Å². The Hall–Kier alpha value is -0.820. The van der Waals surface area contributed by atoms with Gasteiger partial charge in [0.15, 0.2) is 0 Å². The maximum absolute atomic E-state index is 5.73. The molecule has 1 heteroatoms. The summed E-state index contributed by atoms with van der Waals surface area (Å²) in [6.07, 6.45) is 2.82. The quantitative estimate of drug-likeness (QED) is 0.645. The molecular weight excluding hydrogens is 160 g/mol. The largest absolute Gasteiger partial charge is 0.361 e. The lowest BCUT2D eigenvalue weighted by atomic mass is 9.95. The molecule has 0 amide bonds. The van der Waals surface area contributed by atoms with Crippen LogP contribution in [0.4, 0.5) is 0 Å². The van der Waals surface area contributed by atoms with Gasteiger partial charge < -0.3 is 4.74 Å². The Labute approximate surface area is 79.7 Å². The first kappa shape index (κ1) is 8.76. The maximum atomic E-state index is 5.73. The average Bonchev–Trinajstić information content (AvgIpc) is 2.81. The van der Waals surface area contributed by atoms with Crippen LogP contribution in [-0.4, -0.2) is 6.10 Å². The van der Waals surface area contributed by atoms with E-state index in [-0.39, 0.29) is 5.60 Å². The molecule has 0 radical (unpaired) electrons. The minimum Gasteiger partial charge on any atom is -0.361 e. The van der Waals surface area contributed by atoms with Gasteiger partial charge in [-0.25, -0.2) is 0 Å². The van der Waals surface area contributed by atoms with Crippen LogP contribution in [0.5, 0.6) is 0 Å². The van der Waals surface area contributed by atoms with Gasteiger partial charge in [-0.1, -0.05) is 43.7 Å². The second kappa shape index (κ2) is 3.15. The van der Waals surface area contributed by atoms with Crippen molar-refractivity contribution >= 4 is 0 Å². The molecule has 1 fully saturated rings. The molecule has 70 valence electrons. The number of epoxide rings is 1. The molecule has 0 spiro atoms. The first-order valence-corrected chi connectivity index (χ1v) is 5.00. The molecule has 1 saturated heterocycles. The van der Waals surface area contributed by atoms with Crippen molar-refractivity contribution < 1.29 is 4.74 Å². The summed E-state index contributed by atoms with van der Waals surface area (Å²) in [4.78, 5) is 0. The summed E-state index contributed by atoms with van der Waals surface area (Å²) in [5, 5.41) is 0. The number of benzene rings is 1. The van der Waals surface area contributed by atoms with Crippen molar-refractivity contribution in [3.63, 3.8) is 0 Å². The standard InChI is InChI=1S/C12H16O/c1-3-7-11-12(2,13-11)10-8-5-4-6-9-10/h4-6,8-9,11H,3,7H2,1-2H3. The Kier molecular flexibility index (Phi) is 2.12. The van der Waals surface area contributed by atoms with Gasteiger partial charge in [-0.2, -0.15) is 0 Å². The lowest BCUT2D eigenvalue weighted by Gasteiger charge is -2.05. The van der Waals surface area contributed by atoms with Gasteiger partial charge in [-0.3, -0.25) is 0 Å². The number of hydrogen-bond acceptors (Lipinski definition) is 1. The van der Waals surface area contributed by atoms with E-state index in [9.17, 15) is 0 Å². The Morgan fingerprint density at radius 3 is 2.62 bits per heavy atom. The van der Waals surface area contributed by atoms with Gasteiger partial charge in [0.05, 0.1) is 6.10 Å². The summed E-state index contributed by atoms with van der Waals surface area (Å²) in [5.74, 6) is 0. The highest BCUT2D eigenvalue weighted by Crippen LogP contribution is 2.47. The van der Waals surface area contributed by atoms with E-state index < -0.39 is 0 Å². The van der Waals surface area contributed by atoms with Gasteiger partial charge in [0, 0.05) is 0 Å². The van der Waals surface area contributed by atoms with Gasteiger partial charge in [0.2, 0.25) is 0 Å². The number of rotatable bonds is 3. The molecule has 2 unspecified atom stereocenters. The van der Waals surface area contributed by atoms with E-state index in [1.807, 2.05) is 6.07 Å². The highest BCUT2D eigenvalue weighted by molar-refractivity contribution is 5.27. The van der Waals surface area contributed by atoms with Crippen LogP contribution in [0.1, 0.15) is 32.3 Å². The number of hydrogen-bond donors (Lipinski definition) is 0. The monoisotopic (exact) mass is 176 g/mol. The molecule has 0 aliphatic carbocycles. The third-order valence-corrected chi connectivity index (χ3v) is 2.84. The minimum absolute atomic E-state index is 0.0112. The van der Waals surface area contributed by atoms with E-state index in [0.29, 0.717) is 6.10 Å². The summed E-state index contributed by atoms with van der Waals surface area (Å²) in [6.45, 7) is 4.38. The zero-order chi connectivity index (χ0) is 9.31. The van der Waals surface area contributed by atoms with Gasteiger partial charge in [0.25, 0.3) is 0 Å². The summed E-state index contributed by atoms with van der Waals surface area (Å²) >= 11 is 0. The molecule has 2 atom stereocenters. The fourth-order valence-electron chi connectivity index (χ4n) is 1.88. The zero-order valence-electron chi connectivity index (χ0n) is 8.29. The van der Waals surface area contributed by atoms with Crippen LogP contribution in [0, 0.1) is 0 Å². The van der Waals surface area contributed by atoms with Crippen molar-refractivity contribution in [2.45, 2.75) is 38.4 Å². The Balaban J connectivity index is 2.11. The molecule has 1 aliphatic rings. The highest BCUT2D eigenvalue weighted by Gasteiger charge is 2.52. The summed E-state index contributed by atoms with van der Waals surface area (Å²) in [6, 6.07) is 10.5. The first-order valence-electron chi connectivity index (χ1n) is 5.00. The van der Waals surface area contributed by atoms with Gasteiger partial charge in [-0.15, -0.1) is 0 Å². The minimum atomic E-state index is 0.0112. The maximum Gasteiger partial charge on any atom is 0.117 e. The Morgan fingerprint density at radius 2 is 2.00 bits per heavy atom. The predicted octanol–water partition coefficient (Wildman–Crippen LogP) is 3.10. The second-order valence-electron chi connectivity index (χ2n) is 3.87. The molecule has 0 aromatic heterocycles. The number of ether oxygens (including phenoxy) is 1. The van der Waals surface area contributed by atoms with E-state index in [0.717, 1.165) is 0 Å². The average molecular weight is 176 g/mol. The van der Waals surface area contributed by atoms with E-state index in [4.69, 9.17) is 4.74 Å². The van der Waals surface area contributed by atoms with E-state index in [1.165, 1.54) is 18.4 Å². The van der Waals surface area contributed by atoms with Crippen LogP contribution in [0.2, 0.25) is 0 Å². The Bertz CT molecular complexity index is 280. The fraction of sp³-hybridized carbons (Fsp3) is 0.500. The second-order valence-corrected chi connectivity index (χ2v) is 3.87. The molecular formula is C12H16O. The molecule has 1 nitrogen and oxygen atoms in total. The normalized spacial score (nSPS) is 31.7. The molecule has 1 aromatic rings. The van der Waals surface area contributed by atoms with E-state index >= 15 is 0 Å². The van der Waals surface area contributed by atoms with Crippen LogP contribution in [-0.2, 0) is 10.3 Å². The van der Waals surface area contributed by atoms with E-state index in [2.05, 4.69) is 38.1 Å². The van der Waals surface area contributed by atoms with E-state index in [1.54, 1.807) is 0 Å². The molecule has 1 aliphatic heterocycles. The molecule has 1 heterocycles. The van der Waals surface area contributed by atoms with Gasteiger partial charge in [-0.05, 0) is 18.9 Å². The van der Waals surface area contributed by atoms with Crippen molar-refractivity contribution in [2.75, 3.05) is 0 Å². The van der Waals surface area contributed by atoms with Crippen LogP contribution >= 0.6 is 0 Å². The highest BCUT2D eigenvalue weighted by atomic mass is 16.6. The van der Waals surface area contributed by atoms with Crippen LogP contribution in [0.15, 0.2) is 30.3 Å². The zero-order valence-corrected chi connectivity index (χ0v) is 8.29. The van der Waals surface area contributed by atoms with Crippen LogP contribution in [0.3, 0.4) is 0 Å². The molecule has 0 saturated carbocycles. The lowest BCUT2D eigenvalue weighted by Crippen LogP contribution is -2.06. The van der Waals surface area contributed by atoms with Crippen molar-refractivity contribution in [3.05, 3.63) is 35.9 Å². The van der Waals surface area contributed by atoms with Crippen molar-refractivity contribution in [2.24, 2.45) is 0 Å². The third kappa shape index (κ3) is 1.49. The molecule has 13 heavy (non-hydrogen) atoms. The fourth-order valence-corrected chi connectivity index (χ4v) is 1.88. The van der Waals surface area contributed by atoms with Crippen molar-refractivity contribution in [3.8, 4) is 0 Å².